The molecule has 0 spiro atoms. The van der Waals surface area contributed by atoms with E-state index in [9.17, 15) is 14.4 Å². The zero-order chi connectivity index (χ0) is 36.0. The van der Waals surface area contributed by atoms with Gasteiger partial charge >= 0.3 is 0 Å². The van der Waals surface area contributed by atoms with Crippen molar-refractivity contribution < 1.29 is 14.4 Å². The fraction of sp³-hybridized carbons (Fsp3) is 0.350. The smallest absolute Gasteiger partial charge is 0.243 e. The molecule has 2 saturated heterocycles. The van der Waals surface area contributed by atoms with Gasteiger partial charge in [0.05, 0.1) is 17.9 Å². The molecule has 2 aliphatic heterocycles. The number of imidazole rings is 1. The van der Waals surface area contributed by atoms with Gasteiger partial charge in [-0.05, 0) is 72.8 Å². The predicted molar refractivity (Wildman–Crippen MR) is 208 cm³/mol. The monoisotopic (exact) mass is 695 g/mol. The lowest BCUT2D eigenvalue weighted by molar-refractivity contribution is -0.140. The van der Waals surface area contributed by atoms with E-state index < -0.39 is 18.1 Å². The molecule has 0 saturated carbocycles. The van der Waals surface area contributed by atoms with Crippen LogP contribution in [-0.2, 0) is 14.4 Å². The highest BCUT2D eigenvalue weighted by atomic mass is 16.2. The van der Waals surface area contributed by atoms with Crippen molar-refractivity contribution >= 4 is 39.3 Å². The molecule has 0 bridgehead atoms. The van der Waals surface area contributed by atoms with E-state index in [1.807, 2.05) is 79.7 Å². The van der Waals surface area contributed by atoms with Crippen LogP contribution in [0, 0.1) is 0 Å². The molecule has 5 atom stereocenters. The van der Waals surface area contributed by atoms with Crippen LogP contribution in [0.3, 0.4) is 0 Å². The third kappa shape index (κ3) is 7.49. The van der Waals surface area contributed by atoms with Crippen molar-refractivity contribution in [3.8, 4) is 11.3 Å². The molecule has 1 aromatic heterocycles. The zero-order valence-corrected chi connectivity index (χ0v) is 30.1. The Balaban J connectivity index is 0.948. The van der Waals surface area contributed by atoms with Crippen molar-refractivity contribution in [2.45, 2.75) is 75.2 Å². The largest absolute Gasteiger partial charge is 0.351 e. The molecule has 12 heteroatoms. The highest BCUT2D eigenvalue weighted by molar-refractivity contribution is 6.07. The molecule has 2 fully saturated rings. The first-order valence-corrected chi connectivity index (χ1v) is 18.7. The van der Waals surface area contributed by atoms with Gasteiger partial charge in [-0.3, -0.25) is 14.4 Å². The molecule has 3 aromatic carbocycles. The van der Waals surface area contributed by atoms with Crippen molar-refractivity contribution in [3.63, 3.8) is 0 Å². The number of nitrogens with one attached hydrogen (secondary N) is 4. The van der Waals surface area contributed by atoms with Gasteiger partial charge < -0.3 is 30.6 Å². The molecule has 1 aliphatic carbocycles. The van der Waals surface area contributed by atoms with Crippen LogP contribution in [0.2, 0.25) is 0 Å². The molecule has 266 valence electrons. The lowest BCUT2D eigenvalue weighted by atomic mass is 9.90. The minimum absolute atomic E-state index is 0.0452. The lowest BCUT2D eigenvalue weighted by Crippen LogP contribution is -2.51. The van der Waals surface area contributed by atoms with E-state index >= 15 is 0 Å². The van der Waals surface area contributed by atoms with Crippen molar-refractivity contribution in [2.24, 2.45) is 0 Å². The van der Waals surface area contributed by atoms with Gasteiger partial charge in [-0.1, -0.05) is 91.0 Å². The van der Waals surface area contributed by atoms with Crippen LogP contribution in [0.15, 0.2) is 97.2 Å². The quantitative estimate of drug-likeness (QED) is 0.178. The summed E-state index contributed by atoms with van der Waals surface area (Å²) < 4.78 is 0. The summed E-state index contributed by atoms with van der Waals surface area (Å²) in [6.45, 7) is 1.31. The van der Waals surface area contributed by atoms with Crippen LogP contribution in [0.5, 0.6) is 0 Å². The second kappa shape index (κ2) is 16.2. The number of rotatable bonds is 11. The molecule has 52 heavy (non-hydrogen) atoms. The summed E-state index contributed by atoms with van der Waals surface area (Å²) in [6, 6.07) is 26.7. The van der Waals surface area contributed by atoms with Gasteiger partial charge in [0, 0.05) is 19.1 Å². The SMILES string of the molecule is BN[C@H](C(=O)N1CCCC1C(=O)NC1CC=C(c2ccc(-c3cnc(C4CCCN4C(=O)[C@H](NB)c4ccccc4)[nH]3)cc2)CC1)c1ccccc1. The van der Waals surface area contributed by atoms with Gasteiger partial charge in [0.25, 0.3) is 0 Å². The van der Waals surface area contributed by atoms with Crippen molar-refractivity contribution in [1.82, 2.24) is 35.5 Å². The Hall–Kier alpha value is -4.93. The van der Waals surface area contributed by atoms with Crippen molar-refractivity contribution in [2.75, 3.05) is 13.1 Å². The van der Waals surface area contributed by atoms with E-state index in [1.54, 1.807) is 12.9 Å². The molecule has 7 rings (SSSR count). The number of H-pyrrole nitrogens is 1. The molecule has 3 unspecified atom stereocenters. The number of likely N-dealkylation sites (tertiary alicyclic amines) is 2. The second-order valence-electron chi connectivity index (χ2n) is 14.1. The summed E-state index contributed by atoms with van der Waals surface area (Å²) in [6.07, 6.45) is 9.90. The standard InChI is InChI=1S/C40H47B2N7O3/c41-46-35(29-9-3-1-4-10-29)39(51)48-23-7-13-33(48)37-43-25-32(45-37)28-17-15-26(16-18-28)27-19-21-31(22-20-27)44-38(50)34-14-8-24-49(34)40(52)36(47-42)30-11-5-2-6-12-30/h1-6,9-12,15-19,25,31,33-36,46-47H,7-8,13-14,20-24,41-42H2,(H,43,45)(H,44,50)/t31?,33?,34?,35-,36+/m1/s1. The fourth-order valence-electron chi connectivity index (χ4n) is 8.15. The number of carbonyl (C=O) groups is 3. The number of hydrogen-bond donors (Lipinski definition) is 4. The molecule has 3 aliphatic rings. The van der Waals surface area contributed by atoms with E-state index in [2.05, 4.69) is 51.1 Å². The highest BCUT2D eigenvalue weighted by Crippen LogP contribution is 2.35. The average molecular weight is 695 g/mol. The Bertz CT molecular complexity index is 1890. The second-order valence-corrected chi connectivity index (χ2v) is 14.1. The number of aromatic amines is 1. The number of allylic oxidation sites excluding steroid dienone is 1. The lowest BCUT2D eigenvalue weighted by Gasteiger charge is -2.30. The predicted octanol–water partition coefficient (Wildman–Crippen LogP) is 3.54. The maximum absolute atomic E-state index is 13.7. The van der Waals surface area contributed by atoms with E-state index in [0.29, 0.717) is 19.5 Å². The van der Waals surface area contributed by atoms with Crippen LogP contribution in [0.4, 0.5) is 0 Å². The van der Waals surface area contributed by atoms with E-state index in [-0.39, 0.29) is 29.8 Å². The van der Waals surface area contributed by atoms with E-state index in [0.717, 1.165) is 66.7 Å². The van der Waals surface area contributed by atoms with Crippen molar-refractivity contribution in [1.29, 1.82) is 0 Å². The third-order valence-electron chi connectivity index (χ3n) is 10.9. The minimum atomic E-state index is -0.471. The highest BCUT2D eigenvalue weighted by Gasteiger charge is 2.38. The Morgan fingerprint density at radius 1 is 0.750 bits per heavy atom. The molecule has 3 amide bonds. The minimum Gasteiger partial charge on any atom is -0.351 e. The Morgan fingerprint density at radius 3 is 1.96 bits per heavy atom. The Labute approximate surface area is 307 Å². The zero-order valence-electron chi connectivity index (χ0n) is 30.1. The van der Waals surface area contributed by atoms with Crippen LogP contribution < -0.4 is 15.8 Å². The summed E-state index contributed by atoms with van der Waals surface area (Å²) in [5.74, 6) is 0.781. The molecule has 10 nitrogen and oxygen atoms in total. The molecule has 3 heterocycles. The topological polar surface area (TPSA) is 122 Å². The summed E-state index contributed by atoms with van der Waals surface area (Å²) in [7, 11) is 3.62. The molecule has 4 N–H and O–H groups in total. The molecular formula is C40H47B2N7O3. The first kappa shape index (κ1) is 35.5. The third-order valence-corrected chi connectivity index (χ3v) is 10.9. The number of benzene rings is 3. The fourth-order valence-corrected chi connectivity index (χ4v) is 8.15. The van der Waals surface area contributed by atoms with Gasteiger partial charge in [0.2, 0.25) is 17.7 Å². The van der Waals surface area contributed by atoms with E-state index in [4.69, 9.17) is 4.98 Å². The summed E-state index contributed by atoms with van der Waals surface area (Å²) in [5.41, 5.74) is 6.28. The van der Waals surface area contributed by atoms with Gasteiger partial charge in [-0.15, -0.1) is 0 Å². The Kier molecular flexibility index (Phi) is 11.0. The van der Waals surface area contributed by atoms with Crippen molar-refractivity contribution in [3.05, 3.63) is 120 Å². The van der Waals surface area contributed by atoms with Crippen LogP contribution in [0.25, 0.3) is 16.8 Å². The molecule has 0 radical (unpaired) electrons. The summed E-state index contributed by atoms with van der Waals surface area (Å²) in [4.78, 5) is 52.6. The summed E-state index contributed by atoms with van der Waals surface area (Å²) >= 11 is 0. The molecular weight excluding hydrogens is 648 g/mol. The number of hydrogen-bond acceptors (Lipinski definition) is 6. The first-order valence-electron chi connectivity index (χ1n) is 18.7. The maximum atomic E-state index is 13.7. The van der Waals surface area contributed by atoms with Crippen LogP contribution in [0.1, 0.15) is 85.6 Å². The maximum Gasteiger partial charge on any atom is 0.243 e. The van der Waals surface area contributed by atoms with Gasteiger partial charge in [0.1, 0.15) is 23.9 Å². The van der Waals surface area contributed by atoms with Crippen LogP contribution in [-0.4, -0.2) is 78.6 Å². The van der Waals surface area contributed by atoms with Gasteiger partial charge in [-0.25, -0.2) is 4.98 Å². The number of aromatic nitrogens is 2. The van der Waals surface area contributed by atoms with E-state index in [1.165, 1.54) is 11.1 Å². The Morgan fingerprint density at radius 2 is 1.35 bits per heavy atom. The summed E-state index contributed by atoms with van der Waals surface area (Å²) in [5, 5.41) is 9.62. The van der Waals surface area contributed by atoms with Crippen LogP contribution >= 0.6 is 0 Å². The number of nitrogens with zero attached hydrogens (tertiary/aromatic N) is 3. The first-order chi connectivity index (χ1) is 25.4. The molecule has 4 aromatic rings. The normalized spacial score (nSPS) is 21.4. The number of amides is 3. The number of carbonyl (C=O) groups excluding carboxylic acids is 3. The van der Waals surface area contributed by atoms with Gasteiger partial charge in [-0.2, -0.15) is 0 Å². The average Bonchev–Trinajstić information content (AvgIpc) is 3.99. The van der Waals surface area contributed by atoms with Gasteiger partial charge in [0.15, 0.2) is 16.0 Å².